The molecule has 0 saturated heterocycles. The molecule has 0 unspecified atom stereocenters. The highest BCUT2D eigenvalue weighted by Gasteiger charge is 2.14. The molecule has 2 aromatic carbocycles. The lowest BCUT2D eigenvalue weighted by Gasteiger charge is -2.15. The van der Waals surface area contributed by atoms with Crippen LogP contribution >= 0.6 is 15.9 Å². The molecule has 0 aliphatic heterocycles. The number of aliphatic hydroxyl groups excluding tert-OH is 1. The van der Waals surface area contributed by atoms with Gasteiger partial charge in [0.1, 0.15) is 0 Å². The summed E-state index contributed by atoms with van der Waals surface area (Å²) in [6.45, 7) is 4.04. The minimum Gasteiger partial charge on any atom is -0.490 e. The number of rotatable bonds is 7. The van der Waals surface area contributed by atoms with Crippen molar-refractivity contribution in [2.24, 2.45) is 0 Å². The zero-order valence-electron chi connectivity index (χ0n) is 13.6. The first-order valence-electron chi connectivity index (χ1n) is 7.59. The molecule has 1 amide bonds. The molecular formula is C18H20BrNO4. The van der Waals surface area contributed by atoms with Crippen LogP contribution in [0.25, 0.3) is 0 Å². The Labute approximate surface area is 149 Å². The number of carbonyl (C=O) groups is 1. The first-order valence-corrected chi connectivity index (χ1v) is 8.38. The molecule has 2 rings (SSSR count). The van der Waals surface area contributed by atoms with Crippen molar-refractivity contribution in [2.45, 2.75) is 20.5 Å². The molecule has 0 bridgehead atoms. The highest BCUT2D eigenvalue weighted by molar-refractivity contribution is 9.10. The summed E-state index contributed by atoms with van der Waals surface area (Å²) in [5, 5.41) is 12.0. The van der Waals surface area contributed by atoms with Crippen LogP contribution in [0.15, 0.2) is 40.9 Å². The van der Waals surface area contributed by atoms with E-state index in [-0.39, 0.29) is 19.1 Å². The predicted octanol–water partition coefficient (Wildman–Crippen LogP) is 3.67. The minimum atomic E-state index is -0.264. The van der Waals surface area contributed by atoms with Crippen LogP contribution in [-0.4, -0.2) is 24.2 Å². The quantitative estimate of drug-likeness (QED) is 0.752. The van der Waals surface area contributed by atoms with Gasteiger partial charge in [-0.2, -0.15) is 0 Å². The van der Waals surface area contributed by atoms with E-state index in [1.807, 2.05) is 38.1 Å². The number of benzene rings is 2. The minimum absolute atomic E-state index is 0.104. The fourth-order valence-electron chi connectivity index (χ4n) is 2.09. The van der Waals surface area contributed by atoms with Crippen molar-refractivity contribution >= 4 is 27.5 Å². The summed E-state index contributed by atoms with van der Waals surface area (Å²) in [7, 11) is 0. The summed E-state index contributed by atoms with van der Waals surface area (Å²) in [6.07, 6.45) is 0. The van der Waals surface area contributed by atoms with Crippen LogP contribution < -0.4 is 14.8 Å². The Bertz CT molecular complexity index is 701. The third-order valence-electron chi connectivity index (χ3n) is 3.23. The van der Waals surface area contributed by atoms with E-state index in [0.717, 1.165) is 5.56 Å². The lowest BCUT2D eigenvalue weighted by atomic mass is 10.2. The zero-order valence-corrected chi connectivity index (χ0v) is 15.2. The van der Waals surface area contributed by atoms with Gasteiger partial charge in [-0.25, -0.2) is 0 Å². The lowest BCUT2D eigenvalue weighted by molar-refractivity contribution is -0.118. The van der Waals surface area contributed by atoms with Crippen LogP contribution in [0.5, 0.6) is 11.5 Å². The monoisotopic (exact) mass is 393 g/mol. The van der Waals surface area contributed by atoms with Crippen LogP contribution in [0.1, 0.15) is 18.1 Å². The molecule has 0 spiro atoms. The summed E-state index contributed by atoms with van der Waals surface area (Å²) in [6, 6.07) is 11.0. The van der Waals surface area contributed by atoms with Gasteiger partial charge in [0.05, 0.1) is 17.7 Å². The molecule has 0 fully saturated rings. The number of aryl methyl sites for hydroxylation is 1. The maximum Gasteiger partial charge on any atom is 0.262 e. The molecule has 5 nitrogen and oxygen atoms in total. The number of anilines is 1. The van der Waals surface area contributed by atoms with Crippen molar-refractivity contribution in [3.05, 3.63) is 52.0 Å². The normalized spacial score (nSPS) is 10.3. The molecule has 0 saturated carbocycles. The maximum atomic E-state index is 12.0. The second-order valence-corrected chi connectivity index (χ2v) is 6.05. The van der Waals surface area contributed by atoms with Gasteiger partial charge < -0.3 is 19.9 Å². The molecule has 0 radical (unpaired) electrons. The number of hydrogen-bond donors (Lipinski definition) is 2. The molecule has 6 heteroatoms. The van der Waals surface area contributed by atoms with Crippen molar-refractivity contribution in [1.82, 2.24) is 0 Å². The van der Waals surface area contributed by atoms with Gasteiger partial charge in [0.25, 0.3) is 5.91 Å². The van der Waals surface area contributed by atoms with Crippen molar-refractivity contribution in [3.63, 3.8) is 0 Å². The molecule has 24 heavy (non-hydrogen) atoms. The highest BCUT2D eigenvalue weighted by atomic mass is 79.9. The molecule has 0 atom stereocenters. The Hall–Kier alpha value is -2.05. The average molecular weight is 394 g/mol. The number of halogens is 1. The summed E-state index contributed by atoms with van der Waals surface area (Å²) < 4.78 is 11.8. The summed E-state index contributed by atoms with van der Waals surface area (Å²) >= 11 is 3.39. The molecule has 2 aromatic rings. The van der Waals surface area contributed by atoms with E-state index in [0.29, 0.717) is 33.8 Å². The number of nitrogens with one attached hydrogen (secondary N) is 1. The first-order chi connectivity index (χ1) is 11.5. The number of aliphatic hydroxyl groups is 1. The van der Waals surface area contributed by atoms with Crippen molar-refractivity contribution in [2.75, 3.05) is 18.5 Å². The van der Waals surface area contributed by atoms with Gasteiger partial charge in [-0.1, -0.05) is 17.7 Å². The van der Waals surface area contributed by atoms with Gasteiger partial charge in [-0.15, -0.1) is 0 Å². The van der Waals surface area contributed by atoms with Gasteiger partial charge in [-0.3, -0.25) is 4.79 Å². The van der Waals surface area contributed by atoms with Crippen LogP contribution in [0.3, 0.4) is 0 Å². The predicted molar refractivity (Wildman–Crippen MR) is 96.5 cm³/mol. The van der Waals surface area contributed by atoms with Gasteiger partial charge in [0, 0.05) is 5.69 Å². The average Bonchev–Trinajstić information content (AvgIpc) is 2.56. The van der Waals surface area contributed by atoms with E-state index in [9.17, 15) is 9.90 Å². The van der Waals surface area contributed by atoms with Crippen LogP contribution in [-0.2, 0) is 11.4 Å². The Balaban J connectivity index is 2.04. The van der Waals surface area contributed by atoms with Crippen molar-refractivity contribution in [3.8, 4) is 11.5 Å². The number of amides is 1. The second kappa shape index (κ2) is 8.70. The summed E-state index contributed by atoms with van der Waals surface area (Å²) in [4.78, 5) is 12.0. The van der Waals surface area contributed by atoms with Crippen molar-refractivity contribution in [1.29, 1.82) is 0 Å². The van der Waals surface area contributed by atoms with E-state index in [4.69, 9.17) is 9.47 Å². The Kier molecular flexibility index (Phi) is 6.63. The van der Waals surface area contributed by atoms with Gasteiger partial charge in [0.15, 0.2) is 18.1 Å². The maximum absolute atomic E-state index is 12.0. The van der Waals surface area contributed by atoms with Crippen molar-refractivity contribution < 1.29 is 19.4 Å². The first kappa shape index (κ1) is 18.3. The Morgan fingerprint density at radius 3 is 2.54 bits per heavy atom. The summed E-state index contributed by atoms with van der Waals surface area (Å²) in [5.74, 6) is 0.659. The van der Waals surface area contributed by atoms with E-state index < -0.39 is 0 Å². The molecule has 0 heterocycles. The fourth-order valence-corrected chi connectivity index (χ4v) is 2.69. The second-order valence-electron chi connectivity index (χ2n) is 5.20. The van der Waals surface area contributed by atoms with Crippen LogP contribution in [0, 0.1) is 6.92 Å². The smallest absolute Gasteiger partial charge is 0.262 e. The zero-order chi connectivity index (χ0) is 17.5. The highest BCUT2D eigenvalue weighted by Crippen LogP contribution is 2.37. The van der Waals surface area contributed by atoms with E-state index in [1.165, 1.54) is 0 Å². The van der Waals surface area contributed by atoms with E-state index in [1.54, 1.807) is 12.1 Å². The van der Waals surface area contributed by atoms with E-state index >= 15 is 0 Å². The largest absolute Gasteiger partial charge is 0.490 e. The molecule has 0 aliphatic rings. The van der Waals surface area contributed by atoms with Gasteiger partial charge in [-0.05, 0) is 59.6 Å². The number of hydrogen-bond acceptors (Lipinski definition) is 4. The molecule has 0 aromatic heterocycles. The molecule has 0 aliphatic carbocycles. The third kappa shape index (κ3) is 4.97. The molecule has 2 N–H and O–H groups in total. The third-order valence-corrected chi connectivity index (χ3v) is 3.82. The topological polar surface area (TPSA) is 67.8 Å². The Morgan fingerprint density at radius 2 is 1.92 bits per heavy atom. The molecular weight excluding hydrogens is 374 g/mol. The van der Waals surface area contributed by atoms with E-state index in [2.05, 4.69) is 21.2 Å². The Morgan fingerprint density at radius 1 is 1.21 bits per heavy atom. The van der Waals surface area contributed by atoms with Gasteiger partial charge in [0.2, 0.25) is 0 Å². The lowest BCUT2D eigenvalue weighted by Crippen LogP contribution is -2.20. The molecule has 128 valence electrons. The number of carbonyl (C=O) groups excluding carboxylic acids is 1. The van der Waals surface area contributed by atoms with Crippen LogP contribution in [0.4, 0.5) is 5.69 Å². The number of ether oxygens (including phenoxy) is 2. The summed E-state index contributed by atoms with van der Waals surface area (Å²) in [5.41, 5.74) is 2.54. The standard InChI is InChI=1S/C18H20BrNO4/c1-3-23-16-9-13(10-21)8-15(19)18(16)24-11-17(22)20-14-6-4-12(2)5-7-14/h4-9,21H,3,10-11H2,1-2H3,(H,20,22). The van der Waals surface area contributed by atoms with Gasteiger partial charge >= 0.3 is 0 Å². The SMILES string of the molecule is CCOc1cc(CO)cc(Br)c1OCC(=O)Nc1ccc(C)cc1. The van der Waals surface area contributed by atoms with Crippen LogP contribution in [0.2, 0.25) is 0 Å². The fraction of sp³-hybridized carbons (Fsp3) is 0.278.